The Balaban J connectivity index is 2.28. The summed E-state index contributed by atoms with van der Waals surface area (Å²) in [5.41, 5.74) is -0.0875. The third-order valence-electron chi connectivity index (χ3n) is 3.08. The van der Waals surface area contributed by atoms with Crippen LogP contribution in [0.25, 0.3) is 0 Å². The highest BCUT2D eigenvalue weighted by Gasteiger charge is 2.23. The first-order valence-electron chi connectivity index (χ1n) is 6.31. The van der Waals surface area contributed by atoms with Gasteiger partial charge in [0.25, 0.3) is 0 Å². The number of furan rings is 1. The summed E-state index contributed by atoms with van der Waals surface area (Å²) in [5.74, 6) is 0.540. The minimum atomic E-state index is -4.21. The maximum absolute atomic E-state index is 11.3. The van der Waals surface area contributed by atoms with Crippen LogP contribution in [0.1, 0.15) is 45.3 Å². The molecule has 0 aliphatic carbocycles. The molecule has 2 N–H and O–H groups in total. The molecule has 0 unspecified atom stereocenters. The summed E-state index contributed by atoms with van der Waals surface area (Å²) in [6.45, 7) is 4.15. The second-order valence-corrected chi connectivity index (χ2v) is 7.08. The summed E-state index contributed by atoms with van der Waals surface area (Å²) in [4.78, 5) is 28.7. The van der Waals surface area contributed by atoms with Gasteiger partial charge >= 0.3 is 7.60 Å². The van der Waals surface area contributed by atoms with Gasteiger partial charge in [-0.25, -0.2) is 0 Å². The monoisotopic (exact) mass is 288 g/mol. The second-order valence-electron chi connectivity index (χ2n) is 5.43. The molecule has 0 bridgehead atoms. The average molecular weight is 288 g/mol. The van der Waals surface area contributed by atoms with Crippen LogP contribution in [0.4, 0.5) is 0 Å². The van der Waals surface area contributed by atoms with Gasteiger partial charge in [0.05, 0.1) is 6.26 Å². The molecule has 1 rings (SSSR count). The van der Waals surface area contributed by atoms with Gasteiger partial charge in [-0.05, 0) is 25.0 Å². The molecule has 6 heteroatoms. The highest BCUT2D eigenvalue weighted by atomic mass is 31.2. The summed E-state index contributed by atoms with van der Waals surface area (Å²) in [6, 6.07) is 3.78. The molecule has 0 radical (unpaired) electrons. The van der Waals surface area contributed by atoms with Gasteiger partial charge in [-0.3, -0.25) is 9.36 Å². The Morgan fingerprint density at radius 1 is 1.37 bits per heavy atom. The van der Waals surface area contributed by atoms with E-state index in [0.29, 0.717) is 6.42 Å². The van der Waals surface area contributed by atoms with E-state index in [1.807, 2.05) is 12.1 Å². The number of rotatable bonds is 8. The molecule has 0 amide bonds. The van der Waals surface area contributed by atoms with Gasteiger partial charge in [0, 0.05) is 11.8 Å². The van der Waals surface area contributed by atoms with Gasteiger partial charge in [-0.15, -0.1) is 0 Å². The quantitative estimate of drug-likeness (QED) is 0.567. The minimum absolute atomic E-state index is 0.0875. The summed E-state index contributed by atoms with van der Waals surface area (Å²) in [5, 5.41) is 0. The molecule has 0 spiro atoms. The maximum atomic E-state index is 11.3. The highest BCUT2D eigenvalue weighted by molar-refractivity contribution is 7.52. The van der Waals surface area contributed by atoms with E-state index in [-0.39, 0.29) is 17.6 Å². The molecule has 0 saturated heterocycles. The van der Waals surface area contributed by atoms with Crippen LogP contribution in [0, 0.1) is 0 Å². The SMILES string of the molecule is CC(C)(CCCCC(=O)CP(=O)(O)O)c1ccco1. The summed E-state index contributed by atoms with van der Waals surface area (Å²) >= 11 is 0. The summed E-state index contributed by atoms with van der Waals surface area (Å²) < 4.78 is 16.0. The van der Waals surface area contributed by atoms with E-state index in [9.17, 15) is 9.36 Å². The molecular weight excluding hydrogens is 267 g/mol. The Morgan fingerprint density at radius 2 is 2.05 bits per heavy atom. The van der Waals surface area contributed by atoms with Crippen molar-refractivity contribution >= 4 is 13.4 Å². The number of ketones is 1. The number of carbonyl (C=O) groups excluding carboxylic acids is 1. The lowest BCUT2D eigenvalue weighted by Gasteiger charge is -2.21. The molecule has 1 heterocycles. The number of unbranched alkanes of at least 4 members (excludes halogenated alkanes) is 1. The topological polar surface area (TPSA) is 87.7 Å². The molecule has 0 atom stereocenters. The fourth-order valence-electron chi connectivity index (χ4n) is 1.98. The van der Waals surface area contributed by atoms with Crippen LogP contribution >= 0.6 is 7.60 Å². The Labute approximate surface area is 113 Å². The minimum Gasteiger partial charge on any atom is -0.469 e. The number of carbonyl (C=O) groups is 1. The predicted molar refractivity (Wildman–Crippen MR) is 72.1 cm³/mol. The van der Waals surface area contributed by atoms with Gasteiger partial charge in [0.15, 0.2) is 0 Å². The third-order valence-corrected chi connectivity index (χ3v) is 3.84. The van der Waals surface area contributed by atoms with Crippen molar-refractivity contribution in [1.82, 2.24) is 0 Å². The molecule has 0 aliphatic rings. The zero-order valence-corrected chi connectivity index (χ0v) is 12.2. The maximum Gasteiger partial charge on any atom is 0.332 e. The van der Waals surface area contributed by atoms with Crippen LogP contribution in [-0.4, -0.2) is 21.7 Å². The van der Waals surface area contributed by atoms with Crippen LogP contribution in [0.15, 0.2) is 22.8 Å². The van der Waals surface area contributed by atoms with E-state index in [4.69, 9.17) is 14.2 Å². The molecule has 1 aromatic rings. The Hall–Kier alpha value is -0.900. The smallest absolute Gasteiger partial charge is 0.332 e. The molecule has 0 aliphatic heterocycles. The van der Waals surface area contributed by atoms with Crippen molar-refractivity contribution in [3.63, 3.8) is 0 Å². The molecule has 5 nitrogen and oxygen atoms in total. The van der Waals surface area contributed by atoms with Crippen molar-refractivity contribution in [2.45, 2.75) is 44.9 Å². The lowest BCUT2D eigenvalue weighted by atomic mass is 9.84. The van der Waals surface area contributed by atoms with E-state index in [1.54, 1.807) is 6.26 Å². The molecule has 108 valence electrons. The standard InChI is InChI=1S/C13H21O5P/c1-13(2,12-7-5-9-18-12)8-4-3-6-11(14)10-19(15,16)17/h5,7,9H,3-4,6,8,10H2,1-2H3,(H2,15,16,17). The van der Waals surface area contributed by atoms with Gasteiger partial charge in [-0.1, -0.05) is 20.3 Å². The molecule has 0 saturated carbocycles. The first-order chi connectivity index (χ1) is 8.71. The Morgan fingerprint density at radius 3 is 2.58 bits per heavy atom. The lowest BCUT2D eigenvalue weighted by Crippen LogP contribution is -2.16. The fraction of sp³-hybridized carbons (Fsp3) is 0.615. The lowest BCUT2D eigenvalue weighted by molar-refractivity contribution is -0.117. The number of hydrogen-bond acceptors (Lipinski definition) is 3. The largest absolute Gasteiger partial charge is 0.469 e. The first kappa shape index (κ1) is 16.2. The normalized spacial score (nSPS) is 12.6. The van der Waals surface area contributed by atoms with Crippen molar-refractivity contribution in [2.24, 2.45) is 0 Å². The summed E-state index contributed by atoms with van der Waals surface area (Å²) in [7, 11) is -4.21. The molecule has 0 aromatic carbocycles. The fourth-order valence-corrected chi connectivity index (χ4v) is 2.60. The van der Waals surface area contributed by atoms with Crippen LogP contribution in [-0.2, 0) is 14.8 Å². The van der Waals surface area contributed by atoms with Crippen LogP contribution in [0.2, 0.25) is 0 Å². The van der Waals surface area contributed by atoms with Crippen LogP contribution in [0.5, 0.6) is 0 Å². The number of hydrogen-bond donors (Lipinski definition) is 2. The van der Waals surface area contributed by atoms with Gasteiger partial charge in [0.1, 0.15) is 17.7 Å². The zero-order valence-electron chi connectivity index (χ0n) is 11.3. The third kappa shape index (κ3) is 6.19. The van der Waals surface area contributed by atoms with Crippen LogP contribution in [0.3, 0.4) is 0 Å². The van der Waals surface area contributed by atoms with Crippen molar-refractivity contribution < 1.29 is 23.6 Å². The van der Waals surface area contributed by atoms with Crippen molar-refractivity contribution in [2.75, 3.05) is 6.16 Å². The molecular formula is C13H21O5P. The molecule has 19 heavy (non-hydrogen) atoms. The zero-order chi connectivity index (χ0) is 14.5. The predicted octanol–water partition coefficient (Wildman–Crippen LogP) is 2.86. The van der Waals surface area contributed by atoms with E-state index < -0.39 is 13.8 Å². The number of Topliss-reactive ketones (excluding diaryl/α,β-unsaturated/α-hetero) is 1. The first-order valence-corrected chi connectivity index (χ1v) is 8.11. The van der Waals surface area contributed by atoms with Gasteiger partial charge in [-0.2, -0.15) is 0 Å². The Kier molecular flexibility index (Phi) is 5.53. The van der Waals surface area contributed by atoms with E-state index in [2.05, 4.69) is 13.8 Å². The molecule has 0 fully saturated rings. The van der Waals surface area contributed by atoms with E-state index in [1.165, 1.54) is 0 Å². The molecule has 1 aromatic heterocycles. The highest BCUT2D eigenvalue weighted by Crippen LogP contribution is 2.34. The Bertz CT molecular complexity index is 444. The van der Waals surface area contributed by atoms with E-state index >= 15 is 0 Å². The van der Waals surface area contributed by atoms with Crippen LogP contribution < -0.4 is 0 Å². The second kappa shape index (κ2) is 6.51. The van der Waals surface area contributed by atoms with Gasteiger partial charge in [0.2, 0.25) is 0 Å². The average Bonchev–Trinajstić information content (AvgIpc) is 2.75. The van der Waals surface area contributed by atoms with Crippen molar-refractivity contribution in [3.05, 3.63) is 24.2 Å². The van der Waals surface area contributed by atoms with E-state index in [0.717, 1.165) is 18.6 Å². The summed E-state index contributed by atoms with van der Waals surface area (Å²) in [6.07, 6.45) is 3.54. The van der Waals surface area contributed by atoms with Crippen molar-refractivity contribution in [1.29, 1.82) is 0 Å². The van der Waals surface area contributed by atoms with Gasteiger partial charge < -0.3 is 14.2 Å². The van der Waals surface area contributed by atoms with Crippen molar-refractivity contribution in [3.8, 4) is 0 Å².